The van der Waals surface area contributed by atoms with E-state index >= 15 is 0 Å². The number of ether oxygens (including phenoxy) is 1. The Labute approximate surface area is 167 Å². The van der Waals surface area contributed by atoms with Crippen LogP contribution in [0.4, 0.5) is 0 Å². The highest BCUT2D eigenvalue weighted by atomic mass is 32.1. The monoisotopic (exact) mass is 388 g/mol. The molecule has 5 heteroatoms. The van der Waals surface area contributed by atoms with E-state index in [-0.39, 0.29) is 11.9 Å². The SMILES string of the molecule is O=C(NC1CCC1)c1ccc2ccccc2c1OCc1nc2ccccc2s1. The number of rotatable bonds is 5. The van der Waals surface area contributed by atoms with Gasteiger partial charge in [-0.15, -0.1) is 11.3 Å². The number of carbonyl (C=O) groups excluding carboxylic acids is 1. The highest BCUT2D eigenvalue weighted by molar-refractivity contribution is 7.18. The van der Waals surface area contributed by atoms with E-state index in [4.69, 9.17) is 4.74 Å². The van der Waals surface area contributed by atoms with Gasteiger partial charge in [0.25, 0.3) is 5.91 Å². The lowest BCUT2D eigenvalue weighted by Crippen LogP contribution is -2.39. The van der Waals surface area contributed by atoms with Crippen molar-refractivity contribution in [3.05, 3.63) is 71.2 Å². The van der Waals surface area contributed by atoms with Crippen LogP contribution in [0.3, 0.4) is 0 Å². The molecular formula is C23H20N2O2S. The fraction of sp³-hybridized carbons (Fsp3) is 0.217. The second kappa shape index (κ2) is 7.24. The molecule has 0 atom stereocenters. The second-order valence-electron chi connectivity index (χ2n) is 7.13. The Morgan fingerprint density at radius 1 is 1.07 bits per heavy atom. The Balaban J connectivity index is 1.48. The molecule has 1 aliphatic rings. The van der Waals surface area contributed by atoms with Crippen LogP contribution >= 0.6 is 11.3 Å². The summed E-state index contributed by atoms with van der Waals surface area (Å²) in [6, 6.07) is 20.2. The molecule has 5 rings (SSSR count). The van der Waals surface area contributed by atoms with Crippen molar-refractivity contribution < 1.29 is 9.53 Å². The number of carbonyl (C=O) groups is 1. The van der Waals surface area contributed by atoms with E-state index in [0.29, 0.717) is 17.9 Å². The molecule has 4 nitrogen and oxygen atoms in total. The molecule has 0 spiro atoms. The predicted octanol–water partition coefficient (Wildman–Crippen LogP) is 5.31. The second-order valence-corrected chi connectivity index (χ2v) is 8.24. The average molecular weight is 388 g/mol. The van der Waals surface area contributed by atoms with E-state index in [9.17, 15) is 4.79 Å². The molecule has 1 saturated carbocycles. The zero-order valence-electron chi connectivity index (χ0n) is 15.4. The molecule has 4 aromatic rings. The van der Waals surface area contributed by atoms with Gasteiger partial charge in [-0.05, 0) is 42.8 Å². The van der Waals surface area contributed by atoms with Gasteiger partial charge < -0.3 is 10.1 Å². The fourth-order valence-corrected chi connectivity index (χ4v) is 4.39. The summed E-state index contributed by atoms with van der Waals surface area (Å²) >= 11 is 1.62. The molecule has 28 heavy (non-hydrogen) atoms. The minimum atomic E-state index is -0.0604. The number of fused-ring (bicyclic) bond motifs is 2. The topological polar surface area (TPSA) is 51.2 Å². The lowest BCUT2D eigenvalue weighted by Gasteiger charge is -2.26. The Hall–Kier alpha value is -2.92. The summed E-state index contributed by atoms with van der Waals surface area (Å²) in [6.07, 6.45) is 3.30. The molecular weight excluding hydrogens is 368 g/mol. The first-order chi connectivity index (χ1) is 13.8. The van der Waals surface area contributed by atoms with Crippen LogP contribution in [-0.4, -0.2) is 16.9 Å². The van der Waals surface area contributed by atoms with E-state index < -0.39 is 0 Å². The molecule has 0 radical (unpaired) electrons. The Kier molecular flexibility index (Phi) is 4.45. The maximum Gasteiger partial charge on any atom is 0.255 e. The molecule has 3 aromatic carbocycles. The van der Waals surface area contributed by atoms with Gasteiger partial charge in [0.15, 0.2) is 0 Å². The third kappa shape index (κ3) is 3.22. The molecule has 1 heterocycles. The number of aromatic nitrogens is 1. The van der Waals surface area contributed by atoms with Gasteiger partial charge in [0.05, 0.1) is 15.8 Å². The van der Waals surface area contributed by atoms with Crippen molar-refractivity contribution >= 4 is 38.2 Å². The number of benzene rings is 3. The van der Waals surface area contributed by atoms with Crippen molar-refractivity contribution in [2.24, 2.45) is 0 Å². The Bertz CT molecular complexity index is 1130. The number of amides is 1. The predicted molar refractivity (Wildman–Crippen MR) is 113 cm³/mol. The summed E-state index contributed by atoms with van der Waals surface area (Å²) in [6.45, 7) is 0.344. The van der Waals surface area contributed by atoms with Gasteiger partial charge in [0.1, 0.15) is 17.4 Å². The van der Waals surface area contributed by atoms with Gasteiger partial charge in [-0.3, -0.25) is 4.79 Å². The zero-order chi connectivity index (χ0) is 18.9. The lowest BCUT2D eigenvalue weighted by atomic mass is 9.92. The van der Waals surface area contributed by atoms with Crippen molar-refractivity contribution in [3.8, 4) is 5.75 Å². The third-order valence-electron chi connectivity index (χ3n) is 5.24. The van der Waals surface area contributed by atoms with Crippen LogP contribution in [0.15, 0.2) is 60.7 Å². The van der Waals surface area contributed by atoms with Crippen LogP contribution in [0.25, 0.3) is 21.0 Å². The van der Waals surface area contributed by atoms with Gasteiger partial charge in [-0.25, -0.2) is 4.98 Å². The van der Waals surface area contributed by atoms with Crippen LogP contribution in [0.2, 0.25) is 0 Å². The van der Waals surface area contributed by atoms with Crippen LogP contribution in [-0.2, 0) is 6.61 Å². The number of para-hydroxylation sites is 1. The Morgan fingerprint density at radius 2 is 1.89 bits per heavy atom. The highest BCUT2D eigenvalue weighted by Gasteiger charge is 2.23. The van der Waals surface area contributed by atoms with Gasteiger partial charge in [-0.1, -0.05) is 42.5 Å². The van der Waals surface area contributed by atoms with E-state index in [1.54, 1.807) is 11.3 Å². The first-order valence-corrected chi connectivity index (χ1v) is 10.4. The molecule has 0 unspecified atom stereocenters. The van der Waals surface area contributed by atoms with Gasteiger partial charge >= 0.3 is 0 Å². The zero-order valence-corrected chi connectivity index (χ0v) is 16.2. The lowest BCUT2D eigenvalue weighted by molar-refractivity contribution is 0.0912. The maximum atomic E-state index is 12.9. The van der Waals surface area contributed by atoms with Gasteiger partial charge in [-0.2, -0.15) is 0 Å². The van der Waals surface area contributed by atoms with Crippen LogP contribution in [0.5, 0.6) is 5.75 Å². The number of nitrogens with one attached hydrogen (secondary N) is 1. The Morgan fingerprint density at radius 3 is 2.71 bits per heavy atom. The average Bonchev–Trinajstić information content (AvgIpc) is 3.11. The van der Waals surface area contributed by atoms with E-state index in [1.165, 1.54) is 6.42 Å². The first-order valence-electron chi connectivity index (χ1n) is 9.58. The van der Waals surface area contributed by atoms with Crippen molar-refractivity contribution in [2.45, 2.75) is 31.9 Å². The van der Waals surface area contributed by atoms with Crippen molar-refractivity contribution in [2.75, 3.05) is 0 Å². The number of nitrogens with zero attached hydrogens (tertiary/aromatic N) is 1. The number of thiazole rings is 1. The molecule has 140 valence electrons. The molecule has 1 aromatic heterocycles. The number of hydrogen-bond acceptors (Lipinski definition) is 4. The fourth-order valence-electron chi connectivity index (χ4n) is 3.51. The third-order valence-corrected chi connectivity index (χ3v) is 6.25. The summed E-state index contributed by atoms with van der Waals surface area (Å²) in [5.74, 6) is 0.573. The maximum absolute atomic E-state index is 12.9. The standard InChI is InChI=1S/C23H20N2O2S/c26-23(24-16-7-5-8-16)18-13-12-15-6-1-2-9-17(15)22(18)27-14-21-25-19-10-3-4-11-20(19)28-21/h1-4,6,9-13,16H,5,7-8,14H2,(H,24,26). The normalized spacial score (nSPS) is 14.1. The molecule has 1 aliphatic carbocycles. The molecule has 1 fully saturated rings. The van der Waals surface area contributed by atoms with Crippen LogP contribution < -0.4 is 10.1 Å². The quantitative estimate of drug-likeness (QED) is 0.504. The molecule has 0 aliphatic heterocycles. The van der Waals surface area contributed by atoms with Crippen molar-refractivity contribution in [3.63, 3.8) is 0 Å². The summed E-state index contributed by atoms with van der Waals surface area (Å²) in [7, 11) is 0. The van der Waals surface area contributed by atoms with Crippen molar-refractivity contribution in [1.82, 2.24) is 10.3 Å². The van der Waals surface area contributed by atoms with E-state index in [2.05, 4.69) is 16.4 Å². The van der Waals surface area contributed by atoms with Crippen molar-refractivity contribution in [1.29, 1.82) is 0 Å². The van der Waals surface area contributed by atoms with E-state index in [0.717, 1.165) is 38.8 Å². The minimum Gasteiger partial charge on any atom is -0.485 e. The minimum absolute atomic E-state index is 0.0604. The summed E-state index contributed by atoms with van der Waals surface area (Å²) < 4.78 is 7.35. The highest BCUT2D eigenvalue weighted by Crippen LogP contribution is 2.32. The summed E-state index contributed by atoms with van der Waals surface area (Å²) in [5, 5.41) is 6.03. The molecule has 1 N–H and O–H groups in total. The molecule has 1 amide bonds. The molecule has 0 bridgehead atoms. The van der Waals surface area contributed by atoms with Gasteiger partial charge in [0.2, 0.25) is 0 Å². The summed E-state index contributed by atoms with van der Waals surface area (Å²) in [5.41, 5.74) is 1.57. The first kappa shape index (κ1) is 17.2. The largest absolute Gasteiger partial charge is 0.485 e. The summed E-state index contributed by atoms with van der Waals surface area (Å²) in [4.78, 5) is 17.5. The van der Waals surface area contributed by atoms with E-state index in [1.807, 2.05) is 54.6 Å². The van der Waals surface area contributed by atoms with Crippen LogP contribution in [0.1, 0.15) is 34.6 Å². The van der Waals surface area contributed by atoms with Crippen LogP contribution in [0, 0.1) is 0 Å². The number of hydrogen-bond donors (Lipinski definition) is 1. The van der Waals surface area contributed by atoms with Gasteiger partial charge in [0, 0.05) is 11.4 Å². The smallest absolute Gasteiger partial charge is 0.255 e. The molecule has 0 saturated heterocycles.